The molecule has 0 aliphatic rings. The summed E-state index contributed by atoms with van der Waals surface area (Å²) in [6.07, 6.45) is 0. The van der Waals surface area contributed by atoms with Crippen LogP contribution in [0.1, 0.15) is 17.4 Å². The first-order valence-corrected chi connectivity index (χ1v) is 6.89. The first-order chi connectivity index (χ1) is 11.2. The first kappa shape index (κ1) is 14.5. The number of rotatable bonds is 5. The van der Waals surface area contributed by atoms with Crippen LogP contribution in [0.4, 0.5) is 11.5 Å². The minimum absolute atomic E-state index is 0.222. The Kier molecular flexibility index (Phi) is 4.16. The zero-order valence-electron chi connectivity index (χ0n) is 12.4. The second-order valence-corrected chi connectivity index (χ2v) is 4.69. The van der Waals surface area contributed by atoms with Gasteiger partial charge in [-0.25, -0.2) is 4.98 Å². The average molecular weight is 307 g/mol. The van der Waals surface area contributed by atoms with Crippen molar-refractivity contribution in [2.45, 2.75) is 13.5 Å². The predicted molar refractivity (Wildman–Crippen MR) is 82.0 cm³/mol. The van der Waals surface area contributed by atoms with Crippen molar-refractivity contribution in [3.8, 4) is 11.8 Å². The summed E-state index contributed by atoms with van der Waals surface area (Å²) in [6.45, 7) is 1.97. The van der Waals surface area contributed by atoms with Crippen LogP contribution in [-0.2, 0) is 6.61 Å². The number of anilines is 2. The Balaban J connectivity index is 1.61. The van der Waals surface area contributed by atoms with E-state index in [0.29, 0.717) is 29.0 Å². The van der Waals surface area contributed by atoms with Gasteiger partial charge >= 0.3 is 0 Å². The van der Waals surface area contributed by atoms with Gasteiger partial charge in [0.05, 0.1) is 0 Å². The number of nitriles is 1. The second-order valence-electron chi connectivity index (χ2n) is 4.69. The Labute approximate surface area is 132 Å². The predicted octanol–water partition coefficient (Wildman–Crippen LogP) is 2.97. The zero-order valence-corrected chi connectivity index (χ0v) is 12.4. The van der Waals surface area contributed by atoms with E-state index in [1.165, 1.54) is 0 Å². The second kappa shape index (κ2) is 6.58. The standard InChI is InChI=1S/C16H13N5O2/c1-11-18-16(23-21-11)10-22-14-7-5-12(6-8-14)19-15-4-2-3-13(9-17)20-15/h2-8H,10H2,1H3,(H,19,20). The van der Waals surface area contributed by atoms with Gasteiger partial charge in [0.1, 0.15) is 23.3 Å². The molecule has 2 aromatic heterocycles. The summed E-state index contributed by atoms with van der Waals surface area (Å²) >= 11 is 0. The molecular formula is C16H13N5O2. The molecule has 7 heteroatoms. The van der Waals surface area contributed by atoms with E-state index in [1.807, 2.05) is 30.3 Å². The van der Waals surface area contributed by atoms with Crippen molar-refractivity contribution >= 4 is 11.5 Å². The lowest BCUT2D eigenvalue weighted by molar-refractivity contribution is 0.242. The third-order valence-corrected chi connectivity index (χ3v) is 2.92. The van der Waals surface area contributed by atoms with Gasteiger partial charge in [0.25, 0.3) is 5.89 Å². The molecule has 0 saturated heterocycles. The van der Waals surface area contributed by atoms with E-state index in [2.05, 4.69) is 20.4 Å². The van der Waals surface area contributed by atoms with E-state index in [1.54, 1.807) is 25.1 Å². The summed E-state index contributed by atoms with van der Waals surface area (Å²) in [6, 6.07) is 14.6. The largest absolute Gasteiger partial charge is 0.484 e. The summed E-state index contributed by atoms with van der Waals surface area (Å²) in [5.74, 6) is 2.31. The molecular weight excluding hydrogens is 294 g/mol. The summed E-state index contributed by atoms with van der Waals surface area (Å²) in [7, 11) is 0. The maximum absolute atomic E-state index is 8.85. The van der Waals surface area contributed by atoms with E-state index >= 15 is 0 Å². The summed E-state index contributed by atoms with van der Waals surface area (Å²) in [4.78, 5) is 8.22. The molecule has 0 unspecified atom stereocenters. The van der Waals surface area contributed by atoms with E-state index < -0.39 is 0 Å². The number of aromatic nitrogens is 3. The highest BCUT2D eigenvalue weighted by Gasteiger charge is 2.04. The summed E-state index contributed by atoms with van der Waals surface area (Å²) in [5, 5.41) is 15.7. The molecule has 0 bridgehead atoms. The Hall–Kier alpha value is -3.40. The highest BCUT2D eigenvalue weighted by molar-refractivity contribution is 5.57. The van der Waals surface area contributed by atoms with Gasteiger partial charge in [-0.15, -0.1) is 0 Å². The number of benzene rings is 1. The molecule has 0 saturated carbocycles. The minimum atomic E-state index is 0.222. The van der Waals surface area contributed by atoms with E-state index in [0.717, 1.165) is 5.69 Å². The van der Waals surface area contributed by atoms with Gasteiger partial charge in [-0.2, -0.15) is 10.2 Å². The average Bonchev–Trinajstić information content (AvgIpc) is 3.00. The zero-order chi connectivity index (χ0) is 16.1. The number of hydrogen-bond acceptors (Lipinski definition) is 7. The van der Waals surface area contributed by atoms with Crippen LogP contribution in [0.3, 0.4) is 0 Å². The van der Waals surface area contributed by atoms with Crippen molar-refractivity contribution in [1.82, 2.24) is 15.1 Å². The normalized spacial score (nSPS) is 10.1. The Morgan fingerprint density at radius 3 is 2.70 bits per heavy atom. The Morgan fingerprint density at radius 2 is 2.00 bits per heavy atom. The number of hydrogen-bond donors (Lipinski definition) is 1. The van der Waals surface area contributed by atoms with Gasteiger partial charge in [0, 0.05) is 5.69 Å². The summed E-state index contributed by atoms with van der Waals surface area (Å²) < 4.78 is 10.5. The molecule has 2 heterocycles. The van der Waals surface area contributed by atoms with Crippen molar-refractivity contribution in [3.63, 3.8) is 0 Å². The topological polar surface area (TPSA) is 96.9 Å². The Bertz CT molecular complexity index is 836. The molecule has 114 valence electrons. The number of aryl methyl sites for hydroxylation is 1. The van der Waals surface area contributed by atoms with E-state index in [4.69, 9.17) is 14.5 Å². The molecule has 1 N–H and O–H groups in total. The van der Waals surface area contributed by atoms with Crippen LogP contribution in [0.15, 0.2) is 47.0 Å². The molecule has 0 radical (unpaired) electrons. The molecule has 7 nitrogen and oxygen atoms in total. The van der Waals surface area contributed by atoms with Crippen LogP contribution in [-0.4, -0.2) is 15.1 Å². The molecule has 0 amide bonds. The highest BCUT2D eigenvalue weighted by atomic mass is 16.5. The maximum Gasteiger partial charge on any atom is 0.264 e. The first-order valence-electron chi connectivity index (χ1n) is 6.89. The van der Waals surface area contributed by atoms with Crippen molar-refractivity contribution in [2.24, 2.45) is 0 Å². The molecule has 0 aliphatic heterocycles. The van der Waals surface area contributed by atoms with Gasteiger partial charge in [-0.3, -0.25) is 0 Å². The van der Waals surface area contributed by atoms with E-state index in [9.17, 15) is 0 Å². The number of nitrogens with zero attached hydrogens (tertiary/aromatic N) is 4. The van der Waals surface area contributed by atoms with Crippen LogP contribution < -0.4 is 10.1 Å². The molecule has 1 aromatic carbocycles. The number of nitrogens with one attached hydrogen (secondary N) is 1. The maximum atomic E-state index is 8.85. The fourth-order valence-electron chi connectivity index (χ4n) is 1.89. The summed E-state index contributed by atoms with van der Waals surface area (Å²) in [5.41, 5.74) is 1.21. The van der Waals surface area contributed by atoms with Crippen LogP contribution >= 0.6 is 0 Å². The van der Waals surface area contributed by atoms with Gasteiger partial charge in [0.15, 0.2) is 12.4 Å². The molecule has 3 aromatic rings. The quantitative estimate of drug-likeness (QED) is 0.773. The molecule has 23 heavy (non-hydrogen) atoms. The third kappa shape index (κ3) is 3.83. The lowest BCUT2D eigenvalue weighted by Crippen LogP contribution is -1.97. The molecule has 0 aliphatic carbocycles. The third-order valence-electron chi connectivity index (χ3n) is 2.92. The molecule has 0 spiro atoms. The van der Waals surface area contributed by atoms with Gasteiger partial charge in [0.2, 0.25) is 0 Å². The van der Waals surface area contributed by atoms with Gasteiger partial charge < -0.3 is 14.6 Å². The van der Waals surface area contributed by atoms with Crippen molar-refractivity contribution in [3.05, 3.63) is 59.9 Å². The molecule has 3 rings (SSSR count). The molecule has 0 atom stereocenters. The van der Waals surface area contributed by atoms with Crippen molar-refractivity contribution in [1.29, 1.82) is 5.26 Å². The highest BCUT2D eigenvalue weighted by Crippen LogP contribution is 2.19. The Morgan fingerprint density at radius 1 is 1.17 bits per heavy atom. The fourth-order valence-corrected chi connectivity index (χ4v) is 1.89. The van der Waals surface area contributed by atoms with Crippen LogP contribution in [0.5, 0.6) is 5.75 Å². The number of ether oxygens (including phenoxy) is 1. The smallest absolute Gasteiger partial charge is 0.264 e. The van der Waals surface area contributed by atoms with Crippen LogP contribution in [0.2, 0.25) is 0 Å². The van der Waals surface area contributed by atoms with Gasteiger partial charge in [-0.05, 0) is 43.3 Å². The number of pyridine rings is 1. The lowest BCUT2D eigenvalue weighted by atomic mass is 10.3. The van der Waals surface area contributed by atoms with Crippen molar-refractivity contribution in [2.75, 3.05) is 5.32 Å². The fraction of sp³-hybridized carbons (Fsp3) is 0.125. The van der Waals surface area contributed by atoms with E-state index in [-0.39, 0.29) is 6.61 Å². The van der Waals surface area contributed by atoms with Gasteiger partial charge in [-0.1, -0.05) is 11.2 Å². The van der Waals surface area contributed by atoms with Crippen molar-refractivity contribution < 1.29 is 9.26 Å². The van der Waals surface area contributed by atoms with Crippen LogP contribution in [0.25, 0.3) is 0 Å². The van der Waals surface area contributed by atoms with Crippen LogP contribution in [0, 0.1) is 18.3 Å². The lowest BCUT2D eigenvalue weighted by Gasteiger charge is -2.07. The SMILES string of the molecule is Cc1noc(COc2ccc(Nc3cccc(C#N)n3)cc2)n1. The molecule has 0 fully saturated rings. The monoisotopic (exact) mass is 307 g/mol. The minimum Gasteiger partial charge on any atom is -0.484 e.